The highest BCUT2D eigenvalue weighted by Gasteiger charge is 2.38. The van der Waals surface area contributed by atoms with Gasteiger partial charge in [-0.25, -0.2) is 19.7 Å². The van der Waals surface area contributed by atoms with Crippen molar-refractivity contribution in [2.75, 3.05) is 4.90 Å². The molecule has 0 saturated carbocycles. The highest BCUT2D eigenvalue weighted by Crippen LogP contribution is 2.25. The molecule has 0 spiro atoms. The average molecular weight is 337 g/mol. The molecule has 1 aromatic heterocycles. The molecule has 25 heavy (non-hydrogen) atoms. The fourth-order valence-corrected chi connectivity index (χ4v) is 2.46. The van der Waals surface area contributed by atoms with Crippen molar-refractivity contribution in [3.63, 3.8) is 0 Å². The zero-order valence-corrected chi connectivity index (χ0v) is 13.7. The summed E-state index contributed by atoms with van der Waals surface area (Å²) in [4.78, 5) is 33.2. The number of nitrogens with zero attached hydrogens (tertiary/aromatic N) is 4. The van der Waals surface area contributed by atoms with Crippen LogP contribution in [-0.2, 0) is 4.79 Å². The lowest BCUT2D eigenvalue weighted by Gasteiger charge is -2.12. The molecule has 1 unspecified atom stereocenters. The Balaban J connectivity index is 1.78. The number of rotatable bonds is 4. The van der Waals surface area contributed by atoms with Gasteiger partial charge in [-0.05, 0) is 37.1 Å². The molecule has 126 valence electrons. The van der Waals surface area contributed by atoms with Crippen molar-refractivity contribution < 1.29 is 14.3 Å². The molecule has 8 heteroatoms. The third-order valence-corrected chi connectivity index (χ3v) is 3.81. The maximum Gasteiger partial charge on any atom is 0.329 e. The Kier molecular flexibility index (Phi) is 4.31. The van der Waals surface area contributed by atoms with Crippen LogP contribution in [0.4, 0.5) is 10.5 Å². The smallest absolute Gasteiger partial charge is 0.329 e. The summed E-state index contributed by atoms with van der Waals surface area (Å²) in [6, 6.07) is 6.11. The van der Waals surface area contributed by atoms with Crippen molar-refractivity contribution in [3.05, 3.63) is 41.7 Å². The van der Waals surface area contributed by atoms with Crippen molar-refractivity contribution in [2.45, 2.75) is 26.3 Å². The van der Waals surface area contributed by atoms with Gasteiger partial charge in [0, 0.05) is 0 Å². The van der Waals surface area contributed by atoms with Crippen molar-refractivity contribution in [2.24, 2.45) is 0 Å². The van der Waals surface area contributed by atoms with Crippen LogP contribution in [0.5, 0.6) is 11.8 Å². The summed E-state index contributed by atoms with van der Waals surface area (Å²) in [6.45, 7) is 3.63. The summed E-state index contributed by atoms with van der Waals surface area (Å²) in [5.74, 6) is 0.195. The van der Waals surface area contributed by atoms with Gasteiger partial charge in [0.2, 0.25) is 0 Å². The van der Waals surface area contributed by atoms with Crippen LogP contribution in [-0.4, -0.2) is 27.9 Å². The lowest BCUT2D eigenvalue weighted by atomic mass is 10.1. The van der Waals surface area contributed by atoms with Gasteiger partial charge in [0.25, 0.3) is 5.91 Å². The van der Waals surface area contributed by atoms with E-state index in [9.17, 15) is 9.59 Å². The van der Waals surface area contributed by atoms with Crippen molar-refractivity contribution in [1.29, 1.82) is 5.26 Å². The van der Waals surface area contributed by atoms with Gasteiger partial charge in [0.1, 0.15) is 11.8 Å². The Morgan fingerprint density at radius 2 is 2.04 bits per heavy atom. The second-order valence-electron chi connectivity index (χ2n) is 5.50. The molecule has 1 aliphatic heterocycles. The lowest BCUT2D eigenvalue weighted by molar-refractivity contribution is -0.118. The van der Waals surface area contributed by atoms with Crippen molar-refractivity contribution in [1.82, 2.24) is 15.3 Å². The zero-order chi connectivity index (χ0) is 18.0. The van der Waals surface area contributed by atoms with E-state index >= 15 is 0 Å². The molecule has 1 atom stereocenters. The highest BCUT2D eigenvalue weighted by molar-refractivity contribution is 6.21. The van der Waals surface area contributed by atoms with Crippen LogP contribution in [0.15, 0.2) is 30.6 Å². The number of carbonyl (C=O) groups is 2. The predicted molar refractivity (Wildman–Crippen MR) is 88.1 cm³/mol. The van der Waals surface area contributed by atoms with Crippen LogP contribution in [0.25, 0.3) is 0 Å². The molecule has 8 nitrogen and oxygen atoms in total. The minimum absolute atomic E-state index is 0.0793. The van der Waals surface area contributed by atoms with Gasteiger partial charge in [0.15, 0.2) is 0 Å². The number of aryl methyl sites for hydroxylation is 1. The van der Waals surface area contributed by atoms with Crippen LogP contribution in [0.1, 0.15) is 24.5 Å². The summed E-state index contributed by atoms with van der Waals surface area (Å²) in [5, 5.41) is 11.5. The van der Waals surface area contributed by atoms with Gasteiger partial charge in [-0.3, -0.25) is 4.79 Å². The fraction of sp³-hybridized carbons (Fsp3) is 0.235. The summed E-state index contributed by atoms with van der Waals surface area (Å²) in [6.07, 6.45) is 3.23. The number of benzene rings is 1. The number of nitriles is 1. The first-order valence-corrected chi connectivity index (χ1v) is 7.68. The van der Waals surface area contributed by atoms with Gasteiger partial charge < -0.3 is 10.1 Å². The van der Waals surface area contributed by atoms with Gasteiger partial charge >= 0.3 is 12.0 Å². The average Bonchev–Trinajstić information content (AvgIpc) is 2.91. The maximum atomic E-state index is 12.2. The third kappa shape index (κ3) is 3.12. The molecule has 2 heterocycles. The van der Waals surface area contributed by atoms with Crippen LogP contribution in [0.2, 0.25) is 0 Å². The molecule has 0 radical (unpaired) electrons. The van der Waals surface area contributed by atoms with E-state index in [1.54, 1.807) is 18.2 Å². The van der Waals surface area contributed by atoms with Gasteiger partial charge in [-0.2, -0.15) is 5.26 Å². The summed E-state index contributed by atoms with van der Waals surface area (Å²) < 4.78 is 5.59. The number of aromatic nitrogens is 2. The molecular formula is C17H15N5O3. The number of imide groups is 1. The second-order valence-corrected chi connectivity index (χ2v) is 5.50. The van der Waals surface area contributed by atoms with E-state index in [1.165, 1.54) is 12.4 Å². The van der Waals surface area contributed by atoms with E-state index in [0.717, 1.165) is 10.5 Å². The Hall–Kier alpha value is -3.47. The maximum absolute atomic E-state index is 12.2. The largest absolute Gasteiger partial charge is 0.424 e. The number of carbonyl (C=O) groups excluding carboxylic acids is 2. The van der Waals surface area contributed by atoms with Crippen molar-refractivity contribution in [3.8, 4) is 17.8 Å². The summed E-state index contributed by atoms with van der Waals surface area (Å²) in [5.41, 5.74) is 1.58. The van der Waals surface area contributed by atoms with E-state index in [4.69, 9.17) is 10.00 Å². The topological polar surface area (TPSA) is 108 Å². The van der Waals surface area contributed by atoms with Crippen LogP contribution < -0.4 is 15.0 Å². The SMILES string of the molecule is CCC1NC(=O)N(c2cnc(Oc3ccc(C#N)cc3C)nc2)C1=O. The Bertz CT molecular complexity index is 873. The minimum atomic E-state index is -0.523. The van der Waals surface area contributed by atoms with Crippen LogP contribution >= 0.6 is 0 Å². The first-order valence-electron chi connectivity index (χ1n) is 7.68. The predicted octanol–water partition coefficient (Wildman–Crippen LogP) is 2.28. The van der Waals surface area contributed by atoms with Gasteiger partial charge in [0.05, 0.1) is 29.7 Å². The quantitative estimate of drug-likeness (QED) is 0.858. The summed E-state index contributed by atoms with van der Waals surface area (Å²) in [7, 11) is 0. The molecule has 3 amide bonds. The number of amides is 3. The molecular weight excluding hydrogens is 322 g/mol. The first-order chi connectivity index (χ1) is 12.0. The number of nitrogens with one attached hydrogen (secondary N) is 1. The van der Waals surface area contributed by atoms with E-state index in [0.29, 0.717) is 17.7 Å². The monoisotopic (exact) mass is 337 g/mol. The van der Waals surface area contributed by atoms with Gasteiger partial charge in [-0.15, -0.1) is 0 Å². The number of anilines is 1. The Morgan fingerprint density at radius 3 is 2.60 bits per heavy atom. The molecule has 1 N–H and O–H groups in total. The Labute approximate surface area is 144 Å². The molecule has 1 fully saturated rings. The van der Waals surface area contributed by atoms with E-state index in [1.807, 2.05) is 13.8 Å². The molecule has 0 aliphatic carbocycles. The van der Waals surface area contributed by atoms with Crippen LogP contribution in [0.3, 0.4) is 0 Å². The van der Waals surface area contributed by atoms with Crippen molar-refractivity contribution >= 4 is 17.6 Å². The number of ether oxygens (including phenoxy) is 1. The number of urea groups is 1. The lowest BCUT2D eigenvalue weighted by Crippen LogP contribution is -2.31. The third-order valence-electron chi connectivity index (χ3n) is 3.81. The molecule has 3 rings (SSSR count). The zero-order valence-electron chi connectivity index (χ0n) is 13.7. The number of hydrogen-bond acceptors (Lipinski definition) is 6. The van der Waals surface area contributed by atoms with Crippen LogP contribution in [0, 0.1) is 18.3 Å². The normalized spacial score (nSPS) is 16.5. The molecule has 1 aliphatic rings. The molecule has 2 aromatic rings. The second kappa shape index (κ2) is 6.57. The van der Waals surface area contributed by atoms with E-state index < -0.39 is 12.1 Å². The summed E-state index contributed by atoms with van der Waals surface area (Å²) >= 11 is 0. The Morgan fingerprint density at radius 1 is 1.32 bits per heavy atom. The van der Waals surface area contributed by atoms with E-state index in [-0.39, 0.29) is 17.6 Å². The van der Waals surface area contributed by atoms with Gasteiger partial charge in [-0.1, -0.05) is 6.92 Å². The molecule has 1 aromatic carbocycles. The molecule has 1 saturated heterocycles. The minimum Gasteiger partial charge on any atom is -0.424 e. The van der Waals surface area contributed by atoms with E-state index in [2.05, 4.69) is 21.4 Å². The molecule has 0 bridgehead atoms. The highest BCUT2D eigenvalue weighted by atomic mass is 16.5. The number of hydrogen-bond donors (Lipinski definition) is 1. The fourth-order valence-electron chi connectivity index (χ4n) is 2.46. The first kappa shape index (κ1) is 16.4. The standard InChI is InChI=1S/C17H15N5O3/c1-3-13-15(23)22(17(24)21-13)12-8-19-16(20-9-12)25-14-5-4-11(7-18)6-10(14)2/h4-6,8-9,13H,3H2,1-2H3,(H,21,24).